The predicted octanol–water partition coefficient (Wildman–Crippen LogP) is 3.60. The van der Waals surface area contributed by atoms with Crippen LogP contribution in [0.5, 0.6) is 0 Å². The summed E-state index contributed by atoms with van der Waals surface area (Å²) in [4.78, 5) is 20.4. The monoisotopic (exact) mass is 389 g/mol. The lowest BCUT2D eigenvalue weighted by Gasteiger charge is -2.11. The lowest BCUT2D eigenvalue weighted by molar-refractivity contribution is -0.142. The smallest absolute Gasteiger partial charge is 0.408 e. The van der Waals surface area contributed by atoms with Crippen molar-refractivity contribution in [2.24, 2.45) is 0 Å². The molecule has 0 saturated heterocycles. The number of esters is 1. The van der Waals surface area contributed by atoms with Gasteiger partial charge in [0, 0.05) is 12.1 Å². The minimum atomic E-state index is -4.40. The molecule has 0 bridgehead atoms. The maximum Gasteiger partial charge on any atom is 0.408 e. The summed E-state index contributed by atoms with van der Waals surface area (Å²) in [6, 6.07) is 0. The maximum absolute atomic E-state index is 12.5. The number of methoxy groups -OCH3 is 1. The average molecular weight is 390 g/mol. The van der Waals surface area contributed by atoms with Gasteiger partial charge in [0.05, 0.1) is 24.2 Å². The summed E-state index contributed by atoms with van der Waals surface area (Å²) in [5.41, 5.74) is 0.986. The SMILES string of the molecule is COC(=O)c1nc(Cl)c(C2CC2)nc1Nc1cn(CC(F)(F)F)nc1C. The normalized spacial score (nSPS) is 14.4. The van der Waals surface area contributed by atoms with Crippen LogP contribution in [0.15, 0.2) is 6.20 Å². The number of aromatic nitrogens is 4. The number of nitrogens with one attached hydrogen (secondary N) is 1. The van der Waals surface area contributed by atoms with E-state index in [-0.39, 0.29) is 28.3 Å². The van der Waals surface area contributed by atoms with Crippen LogP contribution in [-0.2, 0) is 11.3 Å². The predicted molar refractivity (Wildman–Crippen MR) is 86.7 cm³/mol. The van der Waals surface area contributed by atoms with Gasteiger partial charge < -0.3 is 10.1 Å². The van der Waals surface area contributed by atoms with Gasteiger partial charge in [-0.15, -0.1) is 0 Å². The van der Waals surface area contributed by atoms with E-state index in [0.717, 1.165) is 17.5 Å². The van der Waals surface area contributed by atoms with Crippen LogP contribution in [0.1, 0.15) is 40.6 Å². The summed E-state index contributed by atoms with van der Waals surface area (Å²) in [6.07, 6.45) is -1.38. The molecule has 1 aliphatic carbocycles. The van der Waals surface area contributed by atoms with Gasteiger partial charge in [-0.1, -0.05) is 11.6 Å². The van der Waals surface area contributed by atoms with Crippen molar-refractivity contribution in [1.82, 2.24) is 19.7 Å². The summed E-state index contributed by atoms with van der Waals surface area (Å²) >= 11 is 6.10. The molecule has 2 aromatic heterocycles. The van der Waals surface area contributed by atoms with E-state index in [9.17, 15) is 18.0 Å². The molecule has 140 valence electrons. The molecule has 0 amide bonds. The third kappa shape index (κ3) is 4.06. The topological polar surface area (TPSA) is 81.9 Å². The molecule has 26 heavy (non-hydrogen) atoms. The van der Waals surface area contributed by atoms with Gasteiger partial charge in [0.15, 0.2) is 16.7 Å². The van der Waals surface area contributed by atoms with Crippen molar-refractivity contribution in [3.05, 3.63) is 28.4 Å². The molecule has 0 aliphatic heterocycles. The Bertz CT molecular complexity index is 849. The molecular formula is C15H15ClF3N5O2. The van der Waals surface area contributed by atoms with E-state index in [2.05, 4.69) is 25.1 Å². The molecule has 0 unspecified atom stereocenters. The van der Waals surface area contributed by atoms with Crippen LogP contribution in [0.2, 0.25) is 5.15 Å². The fraction of sp³-hybridized carbons (Fsp3) is 0.467. The maximum atomic E-state index is 12.5. The van der Waals surface area contributed by atoms with Gasteiger partial charge in [0.1, 0.15) is 6.54 Å². The first kappa shape index (κ1) is 18.4. The molecule has 1 aliphatic rings. The second-order valence-corrected chi connectivity index (χ2v) is 6.29. The highest BCUT2D eigenvalue weighted by atomic mass is 35.5. The van der Waals surface area contributed by atoms with Crippen molar-refractivity contribution in [2.75, 3.05) is 12.4 Å². The molecule has 11 heteroatoms. The Hall–Kier alpha value is -2.36. The summed E-state index contributed by atoms with van der Waals surface area (Å²) in [5.74, 6) is -0.529. The number of alkyl halides is 3. The molecule has 1 saturated carbocycles. The first-order chi connectivity index (χ1) is 12.2. The number of hydrogen-bond acceptors (Lipinski definition) is 6. The first-order valence-corrected chi connectivity index (χ1v) is 8.09. The standard InChI is InChI=1S/C15H15ClF3N5O2/c1-7-9(5-24(23-7)6-15(17,18)19)20-13-11(14(25)26-2)21-12(16)10(22-13)8-3-4-8/h5,8H,3-4,6H2,1-2H3,(H,20,22). The summed E-state index contributed by atoms with van der Waals surface area (Å²) in [5, 5.41) is 6.76. The van der Waals surface area contributed by atoms with Gasteiger partial charge in [-0.2, -0.15) is 18.3 Å². The zero-order valence-corrected chi connectivity index (χ0v) is 14.6. The van der Waals surface area contributed by atoms with Gasteiger partial charge in [0.2, 0.25) is 0 Å². The largest absolute Gasteiger partial charge is 0.464 e. The second-order valence-electron chi connectivity index (χ2n) is 5.93. The van der Waals surface area contributed by atoms with E-state index in [1.807, 2.05) is 0 Å². The Morgan fingerprint density at radius 1 is 1.42 bits per heavy atom. The van der Waals surface area contributed by atoms with Crippen molar-refractivity contribution in [3.8, 4) is 0 Å². The Balaban J connectivity index is 1.95. The molecular weight excluding hydrogens is 375 g/mol. The minimum Gasteiger partial charge on any atom is -0.464 e. The number of ether oxygens (including phenoxy) is 1. The lowest BCUT2D eigenvalue weighted by atomic mass is 10.3. The Labute approximate surface area is 151 Å². The van der Waals surface area contributed by atoms with Crippen LogP contribution in [0.25, 0.3) is 0 Å². The molecule has 0 atom stereocenters. The first-order valence-electron chi connectivity index (χ1n) is 7.71. The number of aryl methyl sites for hydroxylation is 1. The van der Waals surface area contributed by atoms with E-state index in [1.165, 1.54) is 20.2 Å². The minimum absolute atomic E-state index is 0.0674. The van der Waals surface area contributed by atoms with Crippen molar-refractivity contribution >= 4 is 29.1 Å². The second kappa shape index (κ2) is 6.75. The molecule has 1 N–H and O–H groups in total. The molecule has 1 fully saturated rings. The van der Waals surface area contributed by atoms with E-state index in [1.54, 1.807) is 0 Å². The molecule has 2 heterocycles. The van der Waals surface area contributed by atoms with Gasteiger partial charge in [-0.3, -0.25) is 4.68 Å². The number of halogens is 4. The number of hydrogen-bond donors (Lipinski definition) is 1. The van der Waals surface area contributed by atoms with Crippen molar-refractivity contribution in [3.63, 3.8) is 0 Å². The van der Waals surface area contributed by atoms with Crippen molar-refractivity contribution in [1.29, 1.82) is 0 Å². The zero-order valence-electron chi connectivity index (χ0n) is 13.9. The zero-order chi connectivity index (χ0) is 19.1. The number of anilines is 2. The summed E-state index contributed by atoms with van der Waals surface area (Å²) in [6.45, 7) is 0.317. The van der Waals surface area contributed by atoms with Gasteiger partial charge >= 0.3 is 12.1 Å². The number of carbonyl (C=O) groups excluding carboxylic acids is 1. The highest BCUT2D eigenvalue weighted by Gasteiger charge is 2.31. The van der Waals surface area contributed by atoms with Crippen LogP contribution >= 0.6 is 11.6 Å². The molecule has 3 rings (SSSR count). The van der Waals surface area contributed by atoms with Crippen LogP contribution in [0, 0.1) is 6.92 Å². The van der Waals surface area contributed by atoms with Crippen LogP contribution < -0.4 is 5.32 Å². The van der Waals surface area contributed by atoms with E-state index >= 15 is 0 Å². The van der Waals surface area contributed by atoms with Gasteiger partial charge in [0.25, 0.3) is 0 Å². The Morgan fingerprint density at radius 2 is 2.12 bits per heavy atom. The lowest BCUT2D eigenvalue weighted by Crippen LogP contribution is -2.18. The number of carbonyl (C=O) groups is 1. The fourth-order valence-corrected chi connectivity index (χ4v) is 2.68. The summed E-state index contributed by atoms with van der Waals surface area (Å²) in [7, 11) is 1.18. The van der Waals surface area contributed by atoms with E-state index < -0.39 is 18.7 Å². The third-order valence-corrected chi connectivity index (χ3v) is 4.04. The molecule has 0 spiro atoms. The molecule has 7 nitrogen and oxygen atoms in total. The molecule has 2 aromatic rings. The molecule has 0 radical (unpaired) electrons. The van der Waals surface area contributed by atoms with Crippen molar-refractivity contribution < 1.29 is 22.7 Å². The fourth-order valence-electron chi connectivity index (χ4n) is 2.40. The van der Waals surface area contributed by atoms with Gasteiger partial charge in [-0.05, 0) is 19.8 Å². The van der Waals surface area contributed by atoms with Crippen LogP contribution in [-0.4, -0.2) is 39.0 Å². The number of rotatable bonds is 5. The average Bonchev–Trinajstić information content (AvgIpc) is 3.32. The highest BCUT2D eigenvalue weighted by molar-refractivity contribution is 6.30. The Kier molecular flexibility index (Phi) is 4.78. The van der Waals surface area contributed by atoms with Gasteiger partial charge in [-0.25, -0.2) is 14.8 Å². The van der Waals surface area contributed by atoms with E-state index in [0.29, 0.717) is 11.4 Å². The quantitative estimate of drug-likeness (QED) is 0.787. The van der Waals surface area contributed by atoms with Crippen molar-refractivity contribution in [2.45, 2.75) is 38.4 Å². The van der Waals surface area contributed by atoms with Crippen LogP contribution in [0.4, 0.5) is 24.7 Å². The van der Waals surface area contributed by atoms with E-state index in [4.69, 9.17) is 11.6 Å². The third-order valence-electron chi connectivity index (χ3n) is 3.76. The summed E-state index contributed by atoms with van der Waals surface area (Å²) < 4.78 is 43.1. The van der Waals surface area contributed by atoms with Crippen LogP contribution in [0.3, 0.4) is 0 Å². The Morgan fingerprint density at radius 3 is 2.69 bits per heavy atom. The number of nitrogens with zero attached hydrogens (tertiary/aromatic N) is 4. The highest BCUT2D eigenvalue weighted by Crippen LogP contribution is 2.42. The molecule has 0 aromatic carbocycles.